The van der Waals surface area contributed by atoms with Gasteiger partial charge in [-0.05, 0) is 0 Å². The molecule has 0 amide bonds. The summed E-state index contributed by atoms with van der Waals surface area (Å²) in [6, 6.07) is 0. The molecule has 0 aliphatic carbocycles. The van der Waals surface area contributed by atoms with Crippen LogP contribution in [0.5, 0.6) is 0 Å². The summed E-state index contributed by atoms with van der Waals surface area (Å²) in [6.45, 7) is 0. The number of hydrogen-bond acceptors (Lipinski definition) is 0. The zero-order valence-corrected chi connectivity index (χ0v) is 12.9. The van der Waals surface area contributed by atoms with Gasteiger partial charge in [-0.25, -0.2) is 0 Å². The Balaban J connectivity index is 0. The smallest absolute Gasteiger partial charge is 2.00 e. The molecule has 0 saturated carbocycles. The molecule has 0 spiro atoms. The molecule has 0 aliphatic rings. The van der Waals surface area contributed by atoms with Gasteiger partial charge in [0.2, 0.25) is 0 Å². The van der Waals surface area contributed by atoms with Crippen LogP contribution in [0, 0.1) is 77.3 Å². The van der Waals surface area contributed by atoms with Crippen molar-refractivity contribution in [3.05, 3.63) is 0 Å². The van der Waals surface area contributed by atoms with Crippen LogP contribution in [0.1, 0.15) is 0 Å². The van der Waals surface area contributed by atoms with E-state index in [1.807, 2.05) is 0 Å². The third-order valence-electron chi connectivity index (χ3n) is 0. The van der Waals surface area contributed by atoms with Crippen molar-refractivity contribution in [3.63, 3.8) is 0 Å². The first-order valence-electron chi connectivity index (χ1n) is 0. The summed E-state index contributed by atoms with van der Waals surface area (Å²) in [6.07, 6.45) is 0. The first kappa shape index (κ1) is 36.3. The van der Waals surface area contributed by atoms with E-state index in [0.717, 1.165) is 0 Å². The monoisotopic (exact) mass is 412 g/mol. The van der Waals surface area contributed by atoms with E-state index >= 15 is 0 Å². The summed E-state index contributed by atoms with van der Waals surface area (Å²) in [4.78, 5) is 0. The largest absolute Gasteiger partial charge is 4.00 e. The molecule has 5 heteroatoms. The van der Waals surface area contributed by atoms with Gasteiger partial charge in [0.05, 0.1) is 0 Å². The van der Waals surface area contributed by atoms with Gasteiger partial charge in [0.1, 0.15) is 0 Å². The van der Waals surface area contributed by atoms with E-state index in [2.05, 4.69) is 0 Å². The van der Waals surface area contributed by atoms with Gasteiger partial charge in [-0.3, -0.25) is 0 Å². The van der Waals surface area contributed by atoms with Crippen molar-refractivity contribution in [2.45, 2.75) is 0 Å². The zero-order valence-electron chi connectivity index (χ0n) is 2.56. The maximum atomic E-state index is 0. The average molecular weight is 413 g/mol. The second-order valence-electron chi connectivity index (χ2n) is 0. The van der Waals surface area contributed by atoms with Crippen LogP contribution in [-0.4, -0.2) is 17.4 Å². The molecule has 1 radical (unpaired) electrons. The second-order valence-corrected chi connectivity index (χ2v) is 0. The summed E-state index contributed by atoms with van der Waals surface area (Å²) in [5.41, 5.74) is 0. The zero-order chi connectivity index (χ0) is 0. The fourth-order valence-electron chi connectivity index (χ4n) is 0. The molecular weight excluding hydrogens is 413 g/mol. The summed E-state index contributed by atoms with van der Waals surface area (Å²) < 4.78 is 0. The van der Waals surface area contributed by atoms with Gasteiger partial charge in [-0.1, -0.05) is 0 Å². The minimum atomic E-state index is 0. The molecule has 0 fully saturated rings. The van der Waals surface area contributed by atoms with E-state index in [1.165, 1.54) is 0 Å². The van der Waals surface area contributed by atoms with Crippen LogP contribution in [0.3, 0.4) is 0 Å². The first-order chi connectivity index (χ1) is 0. The predicted octanol–water partition coefficient (Wildman–Crippen LogP) is -0.502. The molecule has 0 aromatic carbocycles. The Morgan fingerprint density at radius 1 is 1.00 bits per heavy atom. The van der Waals surface area contributed by atoms with Gasteiger partial charge in [0.25, 0.3) is 0 Å². The summed E-state index contributed by atoms with van der Waals surface area (Å²) in [5, 5.41) is 0. The maximum absolute atomic E-state index is 0. The van der Waals surface area contributed by atoms with E-state index in [0.29, 0.717) is 0 Å². The SMILES string of the molecule is [Al+3].[Ce+3].[La+3].[O-2].[Zr+4]. The molecule has 0 bridgehead atoms. The van der Waals surface area contributed by atoms with Crippen molar-refractivity contribution >= 4 is 17.4 Å². The van der Waals surface area contributed by atoms with Crippen LogP contribution < -0.4 is 0 Å². The van der Waals surface area contributed by atoms with E-state index < -0.39 is 0 Å². The topological polar surface area (TPSA) is 28.5 Å². The van der Waals surface area contributed by atoms with E-state index in [4.69, 9.17) is 0 Å². The summed E-state index contributed by atoms with van der Waals surface area (Å²) in [5.74, 6) is 0. The predicted molar refractivity (Wildman–Crippen MR) is 6.44 cm³/mol. The van der Waals surface area contributed by atoms with Crippen molar-refractivity contribution in [2.75, 3.05) is 0 Å². The molecule has 0 aromatic heterocycles. The van der Waals surface area contributed by atoms with Gasteiger partial charge >= 0.3 is 121 Å². The number of rotatable bonds is 0. The quantitative estimate of drug-likeness (QED) is 0.480. The summed E-state index contributed by atoms with van der Waals surface area (Å²) in [7, 11) is 0. The fourth-order valence-corrected chi connectivity index (χ4v) is 0. The molecule has 0 aromatic rings. The van der Waals surface area contributed by atoms with Crippen molar-refractivity contribution < 1.29 is 109 Å². The maximum Gasteiger partial charge on any atom is 4.00 e. The molecule has 0 atom stereocenters. The van der Waals surface area contributed by atoms with Crippen LogP contribution >= 0.6 is 0 Å². The van der Waals surface area contributed by atoms with Crippen LogP contribution in [0.4, 0.5) is 0 Å². The van der Waals surface area contributed by atoms with Gasteiger partial charge in [0, 0.05) is 0 Å². The Kier molecular flexibility index (Phi) is 179. The van der Waals surface area contributed by atoms with Gasteiger partial charge < -0.3 is 5.48 Å². The van der Waals surface area contributed by atoms with Crippen molar-refractivity contribution in [2.24, 2.45) is 0 Å². The van der Waals surface area contributed by atoms with Crippen molar-refractivity contribution in [3.8, 4) is 0 Å². The first-order valence-corrected chi connectivity index (χ1v) is 0. The average Bonchev–Trinajstić information content (AvgIpc) is 0. The van der Waals surface area contributed by atoms with Crippen LogP contribution in [0.25, 0.3) is 0 Å². The Hall–Kier alpha value is 3.95. The Morgan fingerprint density at radius 3 is 1.00 bits per heavy atom. The molecule has 5 heavy (non-hydrogen) atoms. The normalized spacial score (nSPS) is 0. The van der Waals surface area contributed by atoms with Crippen molar-refractivity contribution in [1.82, 2.24) is 0 Å². The minimum absolute atomic E-state index is 0. The fraction of sp³-hybridized carbons (Fsp3) is 0. The van der Waals surface area contributed by atoms with Crippen molar-refractivity contribution in [1.29, 1.82) is 0 Å². The molecule has 0 unspecified atom stereocenters. The molecule has 1 nitrogen and oxygen atoms in total. The Morgan fingerprint density at radius 2 is 1.00 bits per heavy atom. The van der Waals surface area contributed by atoms with E-state index in [9.17, 15) is 0 Å². The molecule has 0 N–H and O–H groups in total. The van der Waals surface area contributed by atoms with Crippen LogP contribution in [-0.2, 0) is 31.7 Å². The standard InChI is InChI=1S/Al.Ce.La.O.Zr/q3*+3;-2;+4. The van der Waals surface area contributed by atoms with Gasteiger partial charge in [0.15, 0.2) is 0 Å². The molecule has 0 aliphatic heterocycles. The third-order valence-corrected chi connectivity index (χ3v) is 0. The minimum Gasteiger partial charge on any atom is -2.00 e. The molecule has 0 rings (SSSR count). The van der Waals surface area contributed by atoms with E-state index in [1.54, 1.807) is 0 Å². The number of hydrogen-bond donors (Lipinski definition) is 0. The molecule has 0 heterocycles. The molecule has 0 saturated heterocycles. The van der Waals surface area contributed by atoms with Gasteiger partial charge in [-0.2, -0.15) is 0 Å². The molecular formula is AlCeLaOZr+11. The third kappa shape index (κ3) is 18.0. The molecule has 9 valence electrons. The second kappa shape index (κ2) is 24.6. The Labute approximate surface area is 123 Å². The van der Waals surface area contributed by atoms with E-state index in [-0.39, 0.29) is 126 Å². The van der Waals surface area contributed by atoms with Crippen LogP contribution in [0.15, 0.2) is 0 Å². The summed E-state index contributed by atoms with van der Waals surface area (Å²) >= 11 is 0. The van der Waals surface area contributed by atoms with Gasteiger partial charge in [-0.15, -0.1) is 0 Å². The van der Waals surface area contributed by atoms with Crippen LogP contribution in [0.2, 0.25) is 0 Å². The Bertz CT molecular complexity index is 11.6.